The van der Waals surface area contributed by atoms with Crippen molar-refractivity contribution in [3.63, 3.8) is 0 Å². The Bertz CT molecular complexity index is 1600. The van der Waals surface area contributed by atoms with Crippen molar-refractivity contribution < 1.29 is 28.4 Å². The van der Waals surface area contributed by atoms with E-state index in [-0.39, 0.29) is 12.2 Å². The molecule has 222 valence electrons. The van der Waals surface area contributed by atoms with Gasteiger partial charge in [-0.3, -0.25) is 0 Å². The summed E-state index contributed by atoms with van der Waals surface area (Å²) in [5.74, 6) is 1.77. The van der Waals surface area contributed by atoms with Crippen LogP contribution in [-0.4, -0.2) is 65.1 Å². The molecule has 6 nitrogen and oxygen atoms in total. The zero-order valence-corrected chi connectivity index (χ0v) is 24.9. The average Bonchev–Trinajstić information content (AvgIpc) is 3.96. The Kier molecular flexibility index (Phi) is 8.18. The molecule has 3 aliphatic rings. The van der Waals surface area contributed by atoms with Crippen LogP contribution in [-0.2, 0) is 25.4 Å². The molecule has 6 heteroatoms. The van der Waals surface area contributed by atoms with E-state index in [1.807, 2.05) is 0 Å². The predicted octanol–water partition coefficient (Wildman–Crippen LogP) is 6.80. The quantitative estimate of drug-likeness (QED) is 0.107. The molecule has 2 saturated heterocycles. The summed E-state index contributed by atoms with van der Waals surface area (Å²) >= 11 is 0. The van der Waals surface area contributed by atoms with Crippen LogP contribution in [0.5, 0.6) is 11.5 Å². The van der Waals surface area contributed by atoms with Crippen LogP contribution in [0.3, 0.4) is 0 Å². The van der Waals surface area contributed by atoms with Crippen molar-refractivity contribution in [2.75, 3.05) is 52.9 Å². The smallest absolute Gasteiger partial charge is 0.122 e. The Balaban J connectivity index is 1.15. The number of rotatable bonds is 14. The molecule has 2 aliphatic heterocycles. The van der Waals surface area contributed by atoms with Gasteiger partial charge in [0, 0.05) is 0 Å². The number of hydrogen-bond acceptors (Lipinski definition) is 6. The van der Waals surface area contributed by atoms with E-state index in [1.165, 1.54) is 44.5 Å². The van der Waals surface area contributed by atoms with Gasteiger partial charge in [0.1, 0.15) is 36.9 Å². The van der Waals surface area contributed by atoms with Crippen molar-refractivity contribution in [3.8, 4) is 44.9 Å². The number of ether oxygens (including phenoxy) is 6. The summed E-state index contributed by atoms with van der Waals surface area (Å²) in [6, 6.07) is 26.4. The van der Waals surface area contributed by atoms with E-state index in [1.54, 1.807) is 0 Å². The van der Waals surface area contributed by atoms with E-state index < -0.39 is 0 Å². The van der Waals surface area contributed by atoms with Crippen LogP contribution in [0.15, 0.2) is 72.8 Å². The molecular weight excluding hydrogens is 540 g/mol. The standard InChI is InChI=1S/C37H38O6/c1-24-17-27(7-11-35(24)40-15-13-38-20-29-22-42-29)32-9-10-33-31-6-4-3-5-26(31)19-34(33)37(32)28-8-12-36(25(2)18-28)41-16-14-39-21-30-23-43-30/h3-12,17-18,29-30H,13-16,19-23H2,1-2H3. The third kappa shape index (κ3) is 6.48. The average molecular weight is 579 g/mol. The van der Waals surface area contributed by atoms with Crippen LogP contribution in [0.4, 0.5) is 0 Å². The molecule has 0 aromatic heterocycles. The summed E-state index contributed by atoms with van der Waals surface area (Å²) < 4.78 is 33.8. The highest BCUT2D eigenvalue weighted by atomic mass is 16.6. The highest BCUT2D eigenvalue weighted by Crippen LogP contribution is 2.46. The van der Waals surface area contributed by atoms with Crippen LogP contribution < -0.4 is 9.47 Å². The van der Waals surface area contributed by atoms with Gasteiger partial charge in [-0.25, -0.2) is 0 Å². The largest absolute Gasteiger partial charge is 0.491 e. The van der Waals surface area contributed by atoms with Gasteiger partial charge in [-0.15, -0.1) is 0 Å². The van der Waals surface area contributed by atoms with Gasteiger partial charge in [0.2, 0.25) is 0 Å². The molecule has 1 aliphatic carbocycles. The van der Waals surface area contributed by atoms with Crippen molar-refractivity contribution in [1.29, 1.82) is 0 Å². The van der Waals surface area contributed by atoms with Gasteiger partial charge in [0.05, 0.1) is 39.6 Å². The molecule has 2 fully saturated rings. The summed E-state index contributed by atoms with van der Waals surface area (Å²) in [5.41, 5.74) is 12.5. The summed E-state index contributed by atoms with van der Waals surface area (Å²) in [6.45, 7) is 9.27. The molecule has 7 rings (SSSR count). The first-order valence-electron chi connectivity index (χ1n) is 15.2. The van der Waals surface area contributed by atoms with Crippen molar-refractivity contribution in [2.24, 2.45) is 0 Å². The first-order valence-corrected chi connectivity index (χ1v) is 15.2. The van der Waals surface area contributed by atoms with Crippen LogP contribution in [0, 0.1) is 13.8 Å². The van der Waals surface area contributed by atoms with Crippen LogP contribution in [0.2, 0.25) is 0 Å². The normalized spacial score (nSPS) is 17.8. The van der Waals surface area contributed by atoms with Gasteiger partial charge >= 0.3 is 0 Å². The SMILES string of the molecule is Cc1cc(-c2ccc3c(c2-c2ccc(OCCOCC4CO4)c(C)c2)Cc2ccccc2-3)ccc1OCCOCC1CO1. The van der Waals surface area contributed by atoms with E-state index in [9.17, 15) is 0 Å². The van der Waals surface area contributed by atoms with E-state index in [0.717, 1.165) is 42.3 Å². The summed E-state index contributed by atoms with van der Waals surface area (Å²) in [6.07, 6.45) is 1.46. The van der Waals surface area contributed by atoms with Gasteiger partial charge in [0.25, 0.3) is 0 Å². The van der Waals surface area contributed by atoms with E-state index in [0.29, 0.717) is 39.6 Å². The second kappa shape index (κ2) is 12.5. The van der Waals surface area contributed by atoms with Crippen molar-refractivity contribution in [1.82, 2.24) is 0 Å². The Hall–Kier alpha value is -3.68. The Morgan fingerprint density at radius 2 is 1.21 bits per heavy atom. The molecule has 4 aromatic carbocycles. The van der Waals surface area contributed by atoms with Gasteiger partial charge in [-0.1, -0.05) is 48.5 Å². The van der Waals surface area contributed by atoms with E-state index >= 15 is 0 Å². The number of benzene rings is 4. The molecule has 2 atom stereocenters. The third-order valence-corrected chi connectivity index (χ3v) is 8.32. The monoisotopic (exact) mass is 578 g/mol. The lowest BCUT2D eigenvalue weighted by Gasteiger charge is -2.18. The Labute approximate surface area is 253 Å². The third-order valence-electron chi connectivity index (χ3n) is 8.32. The number of aryl methyl sites for hydroxylation is 2. The number of epoxide rings is 2. The summed E-state index contributed by atoms with van der Waals surface area (Å²) in [5, 5.41) is 0. The lowest BCUT2D eigenvalue weighted by Crippen LogP contribution is -2.10. The van der Waals surface area contributed by atoms with Gasteiger partial charge in [0.15, 0.2) is 0 Å². The first kappa shape index (κ1) is 28.1. The minimum atomic E-state index is 0.272. The fourth-order valence-electron chi connectivity index (χ4n) is 5.91. The molecule has 0 saturated carbocycles. The minimum Gasteiger partial charge on any atom is -0.491 e. The first-order chi connectivity index (χ1) is 21.1. The predicted molar refractivity (Wildman–Crippen MR) is 167 cm³/mol. The van der Waals surface area contributed by atoms with Crippen LogP contribution in [0.1, 0.15) is 22.3 Å². The molecule has 0 amide bonds. The summed E-state index contributed by atoms with van der Waals surface area (Å²) in [4.78, 5) is 0. The van der Waals surface area contributed by atoms with Crippen LogP contribution >= 0.6 is 0 Å². The van der Waals surface area contributed by atoms with Crippen molar-refractivity contribution in [3.05, 3.63) is 95.1 Å². The maximum Gasteiger partial charge on any atom is 0.122 e. The molecule has 2 heterocycles. The van der Waals surface area contributed by atoms with E-state index in [4.69, 9.17) is 28.4 Å². The summed E-state index contributed by atoms with van der Waals surface area (Å²) in [7, 11) is 0. The van der Waals surface area contributed by atoms with Gasteiger partial charge in [-0.05, 0) is 100 Å². The molecular formula is C37H38O6. The zero-order chi connectivity index (χ0) is 29.2. The highest BCUT2D eigenvalue weighted by molar-refractivity contribution is 5.94. The second-order valence-electron chi connectivity index (χ2n) is 11.6. The molecule has 0 N–H and O–H groups in total. The topological polar surface area (TPSA) is 62.0 Å². The minimum absolute atomic E-state index is 0.272. The number of fused-ring (bicyclic) bond motifs is 3. The molecule has 0 spiro atoms. The van der Waals surface area contributed by atoms with Gasteiger partial charge < -0.3 is 28.4 Å². The Morgan fingerprint density at radius 1 is 0.628 bits per heavy atom. The Morgan fingerprint density at radius 3 is 1.84 bits per heavy atom. The van der Waals surface area contributed by atoms with Crippen molar-refractivity contribution in [2.45, 2.75) is 32.5 Å². The number of hydrogen-bond donors (Lipinski definition) is 0. The molecule has 0 bridgehead atoms. The van der Waals surface area contributed by atoms with E-state index in [2.05, 4.69) is 86.6 Å². The molecule has 0 radical (unpaired) electrons. The highest BCUT2D eigenvalue weighted by Gasteiger charge is 2.25. The maximum atomic E-state index is 6.08. The lowest BCUT2D eigenvalue weighted by molar-refractivity contribution is 0.0876. The van der Waals surface area contributed by atoms with Crippen molar-refractivity contribution >= 4 is 0 Å². The van der Waals surface area contributed by atoms with Crippen LogP contribution in [0.25, 0.3) is 33.4 Å². The molecule has 2 unspecified atom stereocenters. The maximum absolute atomic E-state index is 6.08. The molecule has 43 heavy (non-hydrogen) atoms. The van der Waals surface area contributed by atoms with Gasteiger partial charge in [-0.2, -0.15) is 0 Å². The fraction of sp³-hybridized carbons (Fsp3) is 0.351. The zero-order valence-electron chi connectivity index (χ0n) is 24.9. The lowest BCUT2D eigenvalue weighted by atomic mass is 9.87. The molecule has 4 aromatic rings. The second-order valence-corrected chi connectivity index (χ2v) is 11.6. The fourth-order valence-corrected chi connectivity index (χ4v) is 5.91.